The number of hydrogen-bond donors (Lipinski definition) is 2. The summed E-state index contributed by atoms with van der Waals surface area (Å²) in [6, 6.07) is 9.27. The fourth-order valence-electron chi connectivity index (χ4n) is 2.28. The topological polar surface area (TPSA) is 88.3 Å². The first kappa shape index (κ1) is 14.4. The van der Waals surface area contributed by atoms with Gasteiger partial charge in [-0.3, -0.25) is 10.1 Å². The van der Waals surface area contributed by atoms with Crippen LogP contribution in [0.25, 0.3) is 10.2 Å². The molecule has 22 heavy (non-hydrogen) atoms. The third-order valence-electron chi connectivity index (χ3n) is 3.39. The lowest BCUT2D eigenvalue weighted by Crippen LogP contribution is -2.05. The molecule has 0 aliphatic carbocycles. The molecule has 0 fully saturated rings. The molecule has 112 valence electrons. The number of aromatic nitrogens is 1. The van der Waals surface area contributed by atoms with Gasteiger partial charge in [0.25, 0.3) is 0 Å². The Labute approximate surface area is 130 Å². The Balaban J connectivity index is 1.97. The number of fused-ring (bicyclic) bond motifs is 1. The highest BCUT2D eigenvalue weighted by Gasteiger charge is 2.19. The molecule has 0 unspecified atom stereocenters. The normalized spacial score (nSPS) is 10.8. The summed E-state index contributed by atoms with van der Waals surface area (Å²) >= 11 is 1.41. The Morgan fingerprint density at radius 2 is 2.05 bits per heavy atom. The number of benzene rings is 1. The van der Waals surface area contributed by atoms with Crippen LogP contribution >= 0.6 is 11.3 Å². The molecule has 3 aromatic rings. The van der Waals surface area contributed by atoms with E-state index >= 15 is 0 Å². The maximum Gasteiger partial charge on any atom is 0.311 e. The van der Waals surface area contributed by atoms with Crippen LogP contribution in [0.15, 0.2) is 41.9 Å². The van der Waals surface area contributed by atoms with Crippen LogP contribution in [0.1, 0.15) is 11.1 Å². The predicted molar refractivity (Wildman–Crippen MR) is 86.0 cm³/mol. The second-order valence-corrected chi connectivity index (χ2v) is 5.61. The van der Waals surface area contributed by atoms with Crippen molar-refractivity contribution in [3.63, 3.8) is 0 Å². The molecule has 0 atom stereocenters. The lowest BCUT2D eigenvalue weighted by atomic mass is 10.1. The summed E-state index contributed by atoms with van der Waals surface area (Å²) in [6.07, 6.45) is 1.27. The van der Waals surface area contributed by atoms with Crippen molar-refractivity contribution in [3.05, 3.63) is 63.1 Å². The highest BCUT2D eigenvalue weighted by Crippen LogP contribution is 2.35. The molecule has 3 rings (SSSR count). The van der Waals surface area contributed by atoms with E-state index in [4.69, 9.17) is 0 Å². The van der Waals surface area contributed by atoms with Crippen molar-refractivity contribution >= 4 is 32.9 Å². The molecule has 0 bridgehead atoms. The summed E-state index contributed by atoms with van der Waals surface area (Å²) in [6.45, 7) is 0.333. The van der Waals surface area contributed by atoms with E-state index in [-0.39, 0.29) is 12.3 Å². The van der Waals surface area contributed by atoms with E-state index in [0.29, 0.717) is 12.2 Å². The van der Waals surface area contributed by atoms with E-state index in [9.17, 15) is 15.2 Å². The molecular formula is C15H13N3O3S. The second kappa shape index (κ2) is 6.08. The minimum Gasteiger partial charge on any atom is -0.392 e. The van der Waals surface area contributed by atoms with Crippen molar-refractivity contribution in [1.29, 1.82) is 0 Å². The molecule has 2 heterocycles. The van der Waals surface area contributed by atoms with Crippen molar-refractivity contribution in [2.24, 2.45) is 0 Å². The van der Waals surface area contributed by atoms with Crippen LogP contribution in [0, 0.1) is 10.1 Å². The van der Waals surface area contributed by atoms with Crippen molar-refractivity contribution in [3.8, 4) is 0 Å². The standard InChI is InChI=1S/C15H13N3O3S/c19-9-11-4-2-1-3-10(11)7-17-14-13(18(20)21)8-16-12-5-6-22-15(12)14/h1-6,8,19H,7,9H2,(H,16,17). The van der Waals surface area contributed by atoms with E-state index < -0.39 is 4.92 Å². The minimum absolute atomic E-state index is 0.0450. The molecule has 0 saturated carbocycles. The average Bonchev–Trinajstić information content (AvgIpc) is 3.01. The first-order valence-corrected chi connectivity index (χ1v) is 7.50. The maximum absolute atomic E-state index is 11.2. The van der Waals surface area contributed by atoms with E-state index in [1.807, 2.05) is 35.7 Å². The molecule has 2 aromatic heterocycles. The quantitative estimate of drug-likeness (QED) is 0.557. The van der Waals surface area contributed by atoms with Crippen LogP contribution in [0.4, 0.5) is 11.4 Å². The van der Waals surface area contributed by atoms with Gasteiger partial charge in [-0.05, 0) is 22.6 Å². The van der Waals surface area contributed by atoms with Crippen molar-refractivity contribution < 1.29 is 10.0 Å². The fourth-order valence-corrected chi connectivity index (χ4v) is 3.15. The Hall–Kier alpha value is -2.51. The van der Waals surface area contributed by atoms with Gasteiger partial charge in [-0.25, -0.2) is 4.98 Å². The summed E-state index contributed by atoms with van der Waals surface area (Å²) < 4.78 is 0.760. The average molecular weight is 315 g/mol. The van der Waals surface area contributed by atoms with Crippen LogP contribution in [0.5, 0.6) is 0 Å². The summed E-state index contributed by atoms with van der Waals surface area (Å²) in [5.74, 6) is 0. The van der Waals surface area contributed by atoms with Gasteiger partial charge in [-0.1, -0.05) is 24.3 Å². The molecule has 1 aromatic carbocycles. The lowest BCUT2D eigenvalue weighted by Gasteiger charge is -2.11. The number of nitro groups is 1. The zero-order valence-electron chi connectivity index (χ0n) is 11.5. The monoisotopic (exact) mass is 315 g/mol. The van der Waals surface area contributed by atoms with Crippen molar-refractivity contribution in [2.75, 3.05) is 5.32 Å². The smallest absolute Gasteiger partial charge is 0.311 e. The summed E-state index contributed by atoms with van der Waals surface area (Å²) in [7, 11) is 0. The van der Waals surface area contributed by atoms with Gasteiger partial charge in [0.05, 0.1) is 21.7 Å². The fraction of sp³-hybridized carbons (Fsp3) is 0.133. The molecule has 0 saturated heterocycles. The molecule has 0 amide bonds. The number of thiophene rings is 1. The first-order valence-electron chi connectivity index (χ1n) is 6.63. The Morgan fingerprint density at radius 3 is 2.77 bits per heavy atom. The van der Waals surface area contributed by atoms with Gasteiger partial charge in [-0.2, -0.15) is 0 Å². The molecular weight excluding hydrogens is 302 g/mol. The molecule has 7 heteroatoms. The number of nitrogens with one attached hydrogen (secondary N) is 1. The summed E-state index contributed by atoms with van der Waals surface area (Å²) in [5, 5.41) is 25.6. The van der Waals surface area contributed by atoms with Gasteiger partial charge < -0.3 is 10.4 Å². The SMILES string of the molecule is O=[N+]([O-])c1cnc2ccsc2c1NCc1ccccc1CO. The zero-order chi connectivity index (χ0) is 15.5. The van der Waals surface area contributed by atoms with Gasteiger partial charge in [0, 0.05) is 6.54 Å². The van der Waals surface area contributed by atoms with E-state index in [1.165, 1.54) is 17.5 Å². The van der Waals surface area contributed by atoms with Crippen LogP contribution in [-0.4, -0.2) is 15.0 Å². The second-order valence-electron chi connectivity index (χ2n) is 4.69. The Morgan fingerprint density at radius 1 is 1.27 bits per heavy atom. The summed E-state index contributed by atoms with van der Waals surface area (Å²) in [5.41, 5.74) is 2.86. The van der Waals surface area contributed by atoms with E-state index in [1.54, 1.807) is 0 Å². The van der Waals surface area contributed by atoms with Crippen molar-refractivity contribution in [2.45, 2.75) is 13.2 Å². The highest BCUT2D eigenvalue weighted by molar-refractivity contribution is 7.17. The van der Waals surface area contributed by atoms with E-state index in [2.05, 4.69) is 10.3 Å². The summed E-state index contributed by atoms with van der Waals surface area (Å²) in [4.78, 5) is 14.9. The Kier molecular flexibility index (Phi) is 3.99. The maximum atomic E-state index is 11.2. The third-order valence-corrected chi connectivity index (χ3v) is 4.32. The number of aliphatic hydroxyl groups is 1. The molecule has 0 spiro atoms. The lowest BCUT2D eigenvalue weighted by molar-refractivity contribution is -0.384. The van der Waals surface area contributed by atoms with Gasteiger partial charge in [0.2, 0.25) is 0 Å². The number of aliphatic hydroxyl groups excluding tert-OH is 1. The van der Waals surface area contributed by atoms with Crippen LogP contribution in [0.3, 0.4) is 0 Å². The number of anilines is 1. The van der Waals surface area contributed by atoms with Crippen LogP contribution < -0.4 is 5.32 Å². The molecule has 6 nitrogen and oxygen atoms in total. The van der Waals surface area contributed by atoms with Gasteiger partial charge in [-0.15, -0.1) is 11.3 Å². The molecule has 2 N–H and O–H groups in total. The Bertz CT molecular complexity index is 832. The highest BCUT2D eigenvalue weighted by atomic mass is 32.1. The molecule has 0 aliphatic rings. The number of pyridine rings is 1. The van der Waals surface area contributed by atoms with Gasteiger partial charge in [0.15, 0.2) is 0 Å². The zero-order valence-corrected chi connectivity index (χ0v) is 12.3. The number of hydrogen-bond acceptors (Lipinski definition) is 6. The first-order chi connectivity index (χ1) is 10.7. The van der Waals surface area contributed by atoms with Crippen LogP contribution in [-0.2, 0) is 13.2 Å². The third kappa shape index (κ3) is 2.63. The van der Waals surface area contributed by atoms with Crippen molar-refractivity contribution in [1.82, 2.24) is 4.98 Å². The minimum atomic E-state index is -0.438. The van der Waals surface area contributed by atoms with Gasteiger partial charge >= 0.3 is 5.69 Å². The van der Waals surface area contributed by atoms with Gasteiger partial charge in [0.1, 0.15) is 11.9 Å². The number of rotatable bonds is 5. The molecule has 0 aliphatic heterocycles. The molecule has 0 radical (unpaired) electrons. The van der Waals surface area contributed by atoms with E-state index in [0.717, 1.165) is 21.3 Å². The number of nitrogens with zero attached hydrogens (tertiary/aromatic N) is 2. The predicted octanol–water partition coefficient (Wildman–Crippen LogP) is 3.31. The van der Waals surface area contributed by atoms with Crippen LogP contribution in [0.2, 0.25) is 0 Å². The largest absolute Gasteiger partial charge is 0.392 e.